The summed E-state index contributed by atoms with van der Waals surface area (Å²) in [6, 6.07) is 1.37. The van der Waals surface area contributed by atoms with E-state index in [1.54, 1.807) is 0 Å². The maximum absolute atomic E-state index is 12.2. The molecule has 1 amide bonds. The van der Waals surface area contributed by atoms with Gasteiger partial charge < -0.3 is 4.90 Å². The Balaban J connectivity index is 1.51. The van der Waals surface area contributed by atoms with Crippen LogP contribution in [0.3, 0.4) is 0 Å². The van der Waals surface area contributed by atoms with Crippen LogP contribution in [-0.2, 0) is 4.79 Å². The molecule has 146 valence electrons. The van der Waals surface area contributed by atoms with Crippen molar-refractivity contribution in [3.8, 4) is 0 Å². The van der Waals surface area contributed by atoms with Crippen LogP contribution in [-0.4, -0.2) is 66.8 Å². The fourth-order valence-electron chi connectivity index (χ4n) is 5.67. The number of carbonyl (C=O) groups excluding carboxylic acids is 1. The van der Waals surface area contributed by atoms with Crippen LogP contribution in [0.15, 0.2) is 12.7 Å². The van der Waals surface area contributed by atoms with Gasteiger partial charge in [-0.3, -0.25) is 20.9 Å². The summed E-state index contributed by atoms with van der Waals surface area (Å²) in [5.41, 5.74) is 3.67. The van der Waals surface area contributed by atoms with Crippen LogP contribution in [0.5, 0.6) is 0 Å². The van der Waals surface area contributed by atoms with Crippen molar-refractivity contribution in [3.05, 3.63) is 12.7 Å². The first-order chi connectivity index (χ1) is 12.7. The first-order valence-corrected chi connectivity index (χ1v) is 10.6. The number of nitrogens with one attached hydrogen (secondary N) is 3. The van der Waals surface area contributed by atoms with Gasteiger partial charge in [0, 0.05) is 44.8 Å². The van der Waals surface area contributed by atoms with Gasteiger partial charge in [0.25, 0.3) is 0 Å². The van der Waals surface area contributed by atoms with Gasteiger partial charge in [0.1, 0.15) is 0 Å². The molecule has 1 saturated carbocycles. The molecule has 0 aromatic carbocycles. The van der Waals surface area contributed by atoms with Gasteiger partial charge in [0.05, 0.1) is 6.17 Å². The smallest absolute Gasteiger partial charge is 0.246 e. The van der Waals surface area contributed by atoms with Crippen molar-refractivity contribution in [2.24, 2.45) is 11.8 Å². The van der Waals surface area contributed by atoms with Crippen molar-refractivity contribution in [1.82, 2.24) is 26.0 Å². The lowest BCUT2D eigenvalue weighted by molar-refractivity contribution is -0.129. The molecular formula is C20H35N5O. The van der Waals surface area contributed by atoms with E-state index in [-0.39, 0.29) is 5.91 Å². The van der Waals surface area contributed by atoms with Crippen LogP contribution >= 0.6 is 0 Å². The largest absolute Gasteiger partial charge is 0.338 e. The lowest BCUT2D eigenvalue weighted by Crippen LogP contribution is -2.72. The molecule has 6 heteroatoms. The number of piperidine rings is 1. The summed E-state index contributed by atoms with van der Waals surface area (Å²) in [6.07, 6.45) is 10.8. The average Bonchev–Trinajstić information content (AvgIpc) is 3.12. The summed E-state index contributed by atoms with van der Waals surface area (Å²) in [5, 5.41) is 10.2. The van der Waals surface area contributed by atoms with E-state index in [4.69, 9.17) is 0 Å². The minimum Gasteiger partial charge on any atom is -0.338 e. The predicted molar refractivity (Wildman–Crippen MR) is 103 cm³/mol. The molecule has 0 radical (unpaired) electrons. The van der Waals surface area contributed by atoms with Crippen LogP contribution < -0.4 is 16.1 Å². The molecule has 0 aromatic rings. The molecular weight excluding hydrogens is 326 g/mol. The standard InChI is InChI=1S/C20H35N5O/c1-3-18(26)25-12-9-15-17(13-25)21-20(14-7-5-4-6-8-14)22-19(15)16-10-11-24(2)23-16/h3,14-17,19-23H,1,4-13H2,2H3. The Bertz CT molecular complexity index is 520. The molecule has 3 N–H and O–H groups in total. The molecule has 0 bridgehead atoms. The molecule has 6 nitrogen and oxygen atoms in total. The summed E-state index contributed by atoms with van der Waals surface area (Å²) in [7, 11) is 2.14. The highest BCUT2D eigenvalue weighted by atomic mass is 16.2. The normalized spacial score (nSPS) is 39.6. The average molecular weight is 362 g/mol. The molecule has 0 spiro atoms. The van der Waals surface area contributed by atoms with Gasteiger partial charge in [-0.05, 0) is 43.6 Å². The SMILES string of the molecule is C=CC(=O)N1CCC2C(C1)NC(C1CCCCC1)NC2C1CCN(C)N1. The van der Waals surface area contributed by atoms with Crippen molar-refractivity contribution in [2.45, 2.75) is 69.2 Å². The third-order valence-corrected chi connectivity index (χ3v) is 7.10. The summed E-state index contributed by atoms with van der Waals surface area (Å²) < 4.78 is 0. The van der Waals surface area contributed by atoms with E-state index in [2.05, 4.69) is 34.7 Å². The monoisotopic (exact) mass is 361 g/mol. The van der Waals surface area contributed by atoms with Gasteiger partial charge in [-0.2, -0.15) is 0 Å². The molecule has 3 heterocycles. The number of carbonyl (C=O) groups is 1. The lowest BCUT2D eigenvalue weighted by Gasteiger charge is -2.52. The van der Waals surface area contributed by atoms with Gasteiger partial charge in [0.15, 0.2) is 0 Å². The summed E-state index contributed by atoms with van der Waals surface area (Å²) in [4.78, 5) is 14.1. The summed E-state index contributed by atoms with van der Waals surface area (Å²) in [6.45, 7) is 6.46. The first-order valence-electron chi connectivity index (χ1n) is 10.6. The van der Waals surface area contributed by atoms with E-state index < -0.39 is 0 Å². The quantitative estimate of drug-likeness (QED) is 0.657. The maximum Gasteiger partial charge on any atom is 0.246 e. The Morgan fingerprint density at radius 2 is 1.85 bits per heavy atom. The minimum absolute atomic E-state index is 0.0771. The topological polar surface area (TPSA) is 59.6 Å². The van der Waals surface area contributed by atoms with Gasteiger partial charge in [-0.25, -0.2) is 5.01 Å². The maximum atomic E-state index is 12.2. The Labute approximate surface area is 157 Å². The Morgan fingerprint density at radius 3 is 2.54 bits per heavy atom. The number of hydrazine groups is 1. The van der Waals surface area contributed by atoms with Gasteiger partial charge in [-0.1, -0.05) is 25.8 Å². The number of nitrogens with zero attached hydrogens (tertiary/aromatic N) is 2. The van der Waals surface area contributed by atoms with Crippen molar-refractivity contribution < 1.29 is 4.79 Å². The van der Waals surface area contributed by atoms with E-state index in [1.165, 1.54) is 44.6 Å². The Kier molecular flexibility index (Phi) is 5.64. The van der Waals surface area contributed by atoms with Crippen LogP contribution in [0.2, 0.25) is 0 Å². The second-order valence-electron chi connectivity index (χ2n) is 8.73. The number of likely N-dealkylation sites (tertiary alicyclic amines) is 1. The van der Waals surface area contributed by atoms with Crippen molar-refractivity contribution >= 4 is 5.91 Å². The number of hydrogen-bond acceptors (Lipinski definition) is 5. The van der Waals surface area contributed by atoms with Crippen molar-refractivity contribution in [1.29, 1.82) is 0 Å². The molecule has 26 heavy (non-hydrogen) atoms. The zero-order valence-electron chi connectivity index (χ0n) is 16.1. The number of fused-ring (bicyclic) bond motifs is 1. The lowest BCUT2D eigenvalue weighted by atomic mass is 9.76. The van der Waals surface area contributed by atoms with E-state index >= 15 is 0 Å². The second kappa shape index (κ2) is 7.97. The highest BCUT2D eigenvalue weighted by Crippen LogP contribution is 2.33. The molecule has 4 rings (SSSR count). The second-order valence-corrected chi connectivity index (χ2v) is 8.73. The van der Waals surface area contributed by atoms with Crippen LogP contribution in [0, 0.1) is 11.8 Å². The third-order valence-electron chi connectivity index (χ3n) is 7.10. The Morgan fingerprint density at radius 1 is 1.04 bits per heavy atom. The van der Waals surface area contributed by atoms with E-state index in [1.807, 2.05) is 4.90 Å². The molecule has 4 fully saturated rings. The zero-order chi connectivity index (χ0) is 18.1. The Hall–Kier alpha value is -0.950. The molecule has 5 atom stereocenters. The molecule has 1 aliphatic carbocycles. The highest BCUT2D eigenvalue weighted by Gasteiger charge is 2.46. The van der Waals surface area contributed by atoms with Gasteiger partial charge in [0.2, 0.25) is 5.91 Å². The van der Waals surface area contributed by atoms with Crippen molar-refractivity contribution in [2.75, 3.05) is 26.7 Å². The van der Waals surface area contributed by atoms with Crippen LogP contribution in [0.25, 0.3) is 0 Å². The molecule has 5 unspecified atom stereocenters. The summed E-state index contributed by atoms with van der Waals surface area (Å²) >= 11 is 0. The number of rotatable bonds is 3. The third kappa shape index (κ3) is 3.70. The van der Waals surface area contributed by atoms with Gasteiger partial charge >= 0.3 is 0 Å². The minimum atomic E-state index is 0.0771. The van der Waals surface area contributed by atoms with Crippen LogP contribution in [0.4, 0.5) is 0 Å². The zero-order valence-corrected chi connectivity index (χ0v) is 16.1. The number of amides is 1. The van der Waals surface area contributed by atoms with Crippen molar-refractivity contribution in [3.63, 3.8) is 0 Å². The first kappa shape index (κ1) is 18.4. The highest BCUT2D eigenvalue weighted by molar-refractivity contribution is 5.87. The molecule has 4 aliphatic rings. The molecule has 3 aliphatic heterocycles. The number of hydrogen-bond donors (Lipinski definition) is 3. The molecule has 0 aromatic heterocycles. The van der Waals surface area contributed by atoms with Gasteiger partial charge in [-0.15, -0.1) is 0 Å². The van der Waals surface area contributed by atoms with E-state index in [0.717, 1.165) is 32.0 Å². The van der Waals surface area contributed by atoms with E-state index in [0.29, 0.717) is 30.2 Å². The van der Waals surface area contributed by atoms with Crippen LogP contribution in [0.1, 0.15) is 44.9 Å². The fraction of sp³-hybridized carbons (Fsp3) is 0.850. The summed E-state index contributed by atoms with van der Waals surface area (Å²) in [5.74, 6) is 1.37. The predicted octanol–water partition coefficient (Wildman–Crippen LogP) is 1.07. The molecule has 3 saturated heterocycles. The van der Waals surface area contributed by atoms with E-state index in [9.17, 15) is 4.79 Å². The fourth-order valence-corrected chi connectivity index (χ4v) is 5.67.